The van der Waals surface area contributed by atoms with Crippen molar-refractivity contribution >= 4 is 21.5 Å². The van der Waals surface area contributed by atoms with Crippen LogP contribution in [-0.4, -0.2) is 66.7 Å². The van der Waals surface area contributed by atoms with Crippen molar-refractivity contribution in [2.75, 3.05) is 33.7 Å². The molecule has 0 N–H and O–H groups in total. The molecule has 0 saturated carbocycles. The van der Waals surface area contributed by atoms with Crippen LogP contribution in [0.25, 0.3) is 0 Å². The molecule has 4 heterocycles. The van der Waals surface area contributed by atoms with Crippen LogP contribution in [0.15, 0.2) is 5.38 Å². The van der Waals surface area contributed by atoms with E-state index in [1.807, 2.05) is 0 Å². The number of piperidine rings is 1. The zero-order valence-corrected chi connectivity index (χ0v) is 15.7. The van der Waals surface area contributed by atoms with E-state index in [2.05, 4.69) is 22.2 Å². The molecule has 1 aromatic rings. The number of hydrogen-bond donors (Lipinski definition) is 0. The van der Waals surface area contributed by atoms with E-state index in [-0.39, 0.29) is 0 Å². The third-order valence-electron chi connectivity index (χ3n) is 4.85. The van der Waals surface area contributed by atoms with E-state index >= 15 is 0 Å². The molecule has 2 atom stereocenters. The second kappa shape index (κ2) is 6.76. The Hall–Kier alpha value is -0.540. The lowest BCUT2D eigenvalue weighted by Crippen LogP contribution is -2.45. The van der Waals surface area contributed by atoms with Gasteiger partial charge in [-0.25, -0.2) is 4.98 Å². The Labute approximate surface area is 143 Å². The first-order valence-corrected chi connectivity index (χ1v) is 10.5. The largest absolute Gasteiger partial charge is 0.293 e. The number of thiazole rings is 1. The van der Waals surface area contributed by atoms with Gasteiger partial charge in [-0.3, -0.25) is 4.90 Å². The van der Waals surface area contributed by atoms with Gasteiger partial charge in [0, 0.05) is 51.7 Å². The molecule has 0 unspecified atom stereocenters. The first kappa shape index (κ1) is 17.3. The molecule has 1 aromatic heterocycles. The number of rotatable bonds is 5. The fraction of sp³-hybridized carbons (Fsp3) is 0.800. The predicted octanol–water partition coefficient (Wildman–Crippen LogP) is 1.41. The number of fused-ring (bicyclic) bond motifs is 4. The van der Waals surface area contributed by atoms with E-state index in [9.17, 15) is 8.42 Å². The van der Waals surface area contributed by atoms with Crippen LogP contribution in [0.1, 0.15) is 30.5 Å². The monoisotopic (exact) mass is 358 g/mol. The molecule has 0 aromatic carbocycles. The van der Waals surface area contributed by atoms with E-state index in [0.717, 1.165) is 38.0 Å². The summed E-state index contributed by atoms with van der Waals surface area (Å²) in [5.41, 5.74) is 1.13. The lowest BCUT2D eigenvalue weighted by atomic mass is 9.95. The maximum absolute atomic E-state index is 12.5. The summed E-state index contributed by atoms with van der Waals surface area (Å²) in [6.45, 7) is 5.18. The van der Waals surface area contributed by atoms with Gasteiger partial charge in [0.1, 0.15) is 0 Å². The molecule has 4 rings (SSSR count). The highest BCUT2D eigenvalue weighted by Gasteiger charge is 2.39. The minimum absolute atomic E-state index is 0.301. The zero-order valence-electron chi connectivity index (χ0n) is 14.1. The van der Waals surface area contributed by atoms with Crippen LogP contribution in [0.3, 0.4) is 0 Å². The molecular weight excluding hydrogens is 332 g/mol. The molecule has 23 heavy (non-hydrogen) atoms. The van der Waals surface area contributed by atoms with Crippen LogP contribution in [0.2, 0.25) is 0 Å². The van der Waals surface area contributed by atoms with Gasteiger partial charge in [0.2, 0.25) is 0 Å². The number of aryl methyl sites for hydroxylation is 1. The normalized spacial score (nSPS) is 26.8. The maximum atomic E-state index is 12.5. The molecule has 8 heteroatoms. The van der Waals surface area contributed by atoms with Crippen LogP contribution < -0.4 is 0 Å². The summed E-state index contributed by atoms with van der Waals surface area (Å²) in [5, 5.41) is 3.32. The van der Waals surface area contributed by atoms with Crippen LogP contribution in [0.4, 0.5) is 0 Å². The van der Waals surface area contributed by atoms with Gasteiger partial charge in [0.15, 0.2) is 0 Å². The molecule has 0 amide bonds. The quantitative estimate of drug-likeness (QED) is 0.799. The van der Waals surface area contributed by atoms with Crippen molar-refractivity contribution < 1.29 is 8.42 Å². The van der Waals surface area contributed by atoms with E-state index in [0.29, 0.717) is 25.0 Å². The van der Waals surface area contributed by atoms with Gasteiger partial charge in [0.25, 0.3) is 10.2 Å². The highest BCUT2D eigenvalue weighted by atomic mass is 32.2. The predicted molar refractivity (Wildman–Crippen MR) is 92.6 cm³/mol. The van der Waals surface area contributed by atoms with Gasteiger partial charge >= 0.3 is 0 Å². The van der Waals surface area contributed by atoms with Crippen LogP contribution in [-0.2, 0) is 23.2 Å². The second-order valence-electron chi connectivity index (χ2n) is 6.72. The lowest BCUT2D eigenvalue weighted by molar-refractivity contribution is 0.124. The van der Waals surface area contributed by atoms with Crippen molar-refractivity contribution in [3.8, 4) is 0 Å². The van der Waals surface area contributed by atoms with Gasteiger partial charge in [-0.05, 0) is 25.2 Å². The molecule has 0 radical (unpaired) electrons. The number of hydrogen-bond acceptors (Lipinski definition) is 5. The minimum Gasteiger partial charge on any atom is -0.293 e. The van der Waals surface area contributed by atoms with E-state index in [4.69, 9.17) is 0 Å². The number of nitrogens with zero attached hydrogens (tertiary/aromatic N) is 4. The summed E-state index contributed by atoms with van der Waals surface area (Å²) in [4.78, 5) is 7.11. The first-order chi connectivity index (χ1) is 10.9. The Bertz CT molecular complexity index is 644. The van der Waals surface area contributed by atoms with Gasteiger partial charge in [0.05, 0.1) is 10.7 Å². The standard InChI is InChI=1S/C15H26N4O2S2/c1-4-15-16-13(11-22-15)9-18-7-12-5-6-14(18)10-19(8-12)23(20,21)17(2)3/h11-12,14H,4-10H2,1-3H3/t12-,14-/m0/s1. The molecule has 2 bridgehead atoms. The second-order valence-corrected chi connectivity index (χ2v) is 9.80. The summed E-state index contributed by atoms with van der Waals surface area (Å²) in [7, 11) is -0.0937. The van der Waals surface area contributed by atoms with Crippen molar-refractivity contribution in [2.45, 2.75) is 38.8 Å². The Kier molecular flexibility index (Phi) is 5.08. The van der Waals surface area contributed by atoms with Crippen molar-refractivity contribution in [1.29, 1.82) is 0 Å². The summed E-state index contributed by atoms with van der Waals surface area (Å²) in [6.07, 6.45) is 3.18. The maximum Gasteiger partial charge on any atom is 0.281 e. The Morgan fingerprint density at radius 1 is 1.30 bits per heavy atom. The van der Waals surface area contributed by atoms with Crippen molar-refractivity contribution in [2.24, 2.45) is 5.92 Å². The van der Waals surface area contributed by atoms with Crippen LogP contribution in [0.5, 0.6) is 0 Å². The SMILES string of the molecule is CCc1nc(CN2C[C@@H]3CC[C@H]2CN(S(=O)(=O)N(C)C)C3)cs1. The molecule has 130 valence electrons. The van der Waals surface area contributed by atoms with Crippen molar-refractivity contribution in [3.05, 3.63) is 16.1 Å². The van der Waals surface area contributed by atoms with E-state index in [1.165, 1.54) is 9.31 Å². The third kappa shape index (κ3) is 3.61. The van der Waals surface area contributed by atoms with Crippen molar-refractivity contribution in [3.63, 3.8) is 0 Å². The molecule has 3 aliphatic heterocycles. The van der Waals surface area contributed by atoms with E-state index in [1.54, 1.807) is 29.7 Å². The average Bonchev–Trinajstić information content (AvgIpc) is 2.75. The summed E-state index contributed by atoms with van der Waals surface area (Å²) in [5.74, 6) is 0.424. The summed E-state index contributed by atoms with van der Waals surface area (Å²) >= 11 is 1.72. The molecule has 0 aliphatic carbocycles. The summed E-state index contributed by atoms with van der Waals surface area (Å²) < 4.78 is 28.0. The van der Waals surface area contributed by atoms with Gasteiger partial charge in [-0.15, -0.1) is 11.3 Å². The molecule has 3 aliphatic rings. The van der Waals surface area contributed by atoms with Gasteiger partial charge in [-0.1, -0.05) is 6.92 Å². The molecular formula is C15H26N4O2S2. The van der Waals surface area contributed by atoms with Crippen LogP contribution in [0, 0.1) is 5.92 Å². The molecule has 0 spiro atoms. The van der Waals surface area contributed by atoms with E-state index < -0.39 is 10.2 Å². The zero-order chi connectivity index (χ0) is 16.6. The first-order valence-electron chi connectivity index (χ1n) is 8.25. The Balaban J connectivity index is 1.74. The fourth-order valence-electron chi connectivity index (χ4n) is 3.54. The molecule has 6 nitrogen and oxygen atoms in total. The highest BCUT2D eigenvalue weighted by molar-refractivity contribution is 7.86. The fourth-order valence-corrected chi connectivity index (χ4v) is 5.50. The smallest absolute Gasteiger partial charge is 0.281 e. The third-order valence-corrected chi connectivity index (χ3v) is 7.76. The van der Waals surface area contributed by atoms with Gasteiger partial charge < -0.3 is 0 Å². The minimum atomic E-state index is -3.32. The Morgan fingerprint density at radius 3 is 2.74 bits per heavy atom. The summed E-state index contributed by atoms with van der Waals surface area (Å²) in [6, 6.07) is 0.301. The molecule has 3 saturated heterocycles. The van der Waals surface area contributed by atoms with Gasteiger partial charge in [-0.2, -0.15) is 17.0 Å². The number of aromatic nitrogens is 1. The van der Waals surface area contributed by atoms with Crippen molar-refractivity contribution in [1.82, 2.24) is 18.5 Å². The molecule has 3 fully saturated rings. The lowest BCUT2D eigenvalue weighted by Gasteiger charge is -2.35. The topological polar surface area (TPSA) is 56.8 Å². The van der Waals surface area contributed by atoms with Crippen LogP contribution >= 0.6 is 11.3 Å². The highest BCUT2D eigenvalue weighted by Crippen LogP contribution is 2.31. The Morgan fingerprint density at radius 2 is 2.09 bits per heavy atom. The average molecular weight is 359 g/mol.